The van der Waals surface area contributed by atoms with Gasteiger partial charge in [-0.3, -0.25) is 4.57 Å². The van der Waals surface area contributed by atoms with Gasteiger partial charge in [0.2, 0.25) is 0 Å². The molecule has 1 aliphatic rings. The highest BCUT2D eigenvalue weighted by Gasteiger charge is 2.32. The Morgan fingerprint density at radius 3 is 3.00 bits per heavy atom. The number of esters is 1. The first-order chi connectivity index (χ1) is 11.5. The van der Waals surface area contributed by atoms with Crippen LogP contribution in [-0.2, 0) is 9.47 Å². The zero-order chi connectivity index (χ0) is 17.3. The van der Waals surface area contributed by atoms with Gasteiger partial charge in [-0.15, -0.1) is 11.8 Å². The van der Waals surface area contributed by atoms with Crippen molar-refractivity contribution >= 4 is 23.5 Å². The number of thioether (sulfide) groups is 1. The molecule has 0 unspecified atom stereocenters. The third-order valence-electron chi connectivity index (χ3n) is 3.56. The average Bonchev–Trinajstić information content (AvgIpc) is 3.03. The second kappa shape index (κ2) is 6.54. The van der Waals surface area contributed by atoms with Crippen LogP contribution in [0.5, 0.6) is 5.75 Å². The molecule has 1 saturated heterocycles. The molecule has 0 spiro atoms. The van der Waals surface area contributed by atoms with Crippen molar-refractivity contribution in [2.24, 2.45) is 0 Å². The zero-order valence-corrected chi connectivity index (χ0v) is 13.5. The lowest BCUT2D eigenvalue weighted by atomic mass is 10.1. The lowest BCUT2D eigenvalue weighted by Gasteiger charge is -2.16. The van der Waals surface area contributed by atoms with Crippen molar-refractivity contribution in [3.8, 4) is 5.75 Å². The first-order valence-corrected chi connectivity index (χ1v) is 8.08. The van der Waals surface area contributed by atoms with Crippen LogP contribution in [-0.4, -0.2) is 33.5 Å². The SMILES string of the molecule is COC(=O)c1cccc([C@@H]2O[C@H](n3ccc(N)nc3=O)CS2)c1O. The summed E-state index contributed by atoms with van der Waals surface area (Å²) in [6.07, 6.45) is 0.977. The molecule has 9 heteroatoms. The van der Waals surface area contributed by atoms with Gasteiger partial charge in [-0.25, -0.2) is 9.59 Å². The Kier molecular flexibility index (Phi) is 4.45. The number of methoxy groups -OCH3 is 1. The summed E-state index contributed by atoms with van der Waals surface area (Å²) >= 11 is 1.40. The van der Waals surface area contributed by atoms with Crippen LogP contribution in [0.25, 0.3) is 0 Å². The van der Waals surface area contributed by atoms with Crippen LogP contribution in [0.15, 0.2) is 35.3 Å². The molecule has 2 aromatic rings. The predicted molar refractivity (Wildman–Crippen MR) is 87.7 cm³/mol. The summed E-state index contributed by atoms with van der Waals surface area (Å²) in [7, 11) is 1.24. The van der Waals surface area contributed by atoms with Crippen molar-refractivity contribution in [3.63, 3.8) is 0 Å². The molecule has 0 radical (unpaired) electrons. The summed E-state index contributed by atoms with van der Waals surface area (Å²) in [6.45, 7) is 0. The number of aromatic hydroxyl groups is 1. The van der Waals surface area contributed by atoms with Gasteiger partial charge in [0.05, 0.1) is 7.11 Å². The number of hydrogen-bond donors (Lipinski definition) is 2. The summed E-state index contributed by atoms with van der Waals surface area (Å²) in [5.41, 5.74) is 4.96. The number of hydrogen-bond acceptors (Lipinski definition) is 8. The van der Waals surface area contributed by atoms with Crippen LogP contribution in [0.4, 0.5) is 5.82 Å². The number of aromatic nitrogens is 2. The molecule has 24 heavy (non-hydrogen) atoms. The van der Waals surface area contributed by atoms with Crippen molar-refractivity contribution in [3.05, 3.63) is 52.1 Å². The standard InChI is InChI=1S/C15H15N3O5S/c1-22-13(20)8-3-2-4-9(12(8)19)14-23-11(7-24-14)18-6-5-10(16)17-15(18)21/h2-6,11,14,19H,7H2,1H3,(H2,16,17,21)/t11-,14+/m0/s1. The third kappa shape index (κ3) is 2.95. The molecule has 0 amide bonds. The van der Waals surface area contributed by atoms with E-state index < -0.39 is 23.3 Å². The monoisotopic (exact) mass is 349 g/mol. The Balaban J connectivity index is 1.86. The summed E-state index contributed by atoms with van der Waals surface area (Å²) in [5.74, 6) is -0.196. The quantitative estimate of drug-likeness (QED) is 0.796. The highest BCUT2D eigenvalue weighted by molar-refractivity contribution is 7.99. The summed E-state index contributed by atoms with van der Waals surface area (Å²) < 4.78 is 11.8. The van der Waals surface area contributed by atoms with Crippen molar-refractivity contribution in [2.45, 2.75) is 11.7 Å². The number of para-hydroxylation sites is 1. The number of nitrogens with zero attached hydrogens (tertiary/aromatic N) is 2. The minimum absolute atomic E-state index is 0.0639. The van der Waals surface area contributed by atoms with Crippen molar-refractivity contribution in [1.29, 1.82) is 0 Å². The first kappa shape index (κ1) is 16.3. The largest absolute Gasteiger partial charge is 0.507 e. The number of phenolic OH excluding ortho intramolecular Hbond substituents is 1. The summed E-state index contributed by atoms with van der Waals surface area (Å²) in [6, 6.07) is 6.27. The van der Waals surface area contributed by atoms with Gasteiger partial charge in [0, 0.05) is 17.5 Å². The van der Waals surface area contributed by atoms with Gasteiger partial charge in [-0.2, -0.15) is 4.98 Å². The van der Waals surface area contributed by atoms with Gasteiger partial charge in [-0.1, -0.05) is 12.1 Å². The molecule has 2 atom stereocenters. The van der Waals surface area contributed by atoms with Gasteiger partial charge >= 0.3 is 11.7 Å². The third-order valence-corrected chi connectivity index (χ3v) is 4.70. The Morgan fingerprint density at radius 2 is 2.29 bits per heavy atom. The van der Waals surface area contributed by atoms with Gasteiger partial charge in [0.1, 0.15) is 28.8 Å². The fourth-order valence-electron chi connectivity index (χ4n) is 2.37. The number of rotatable bonds is 3. The lowest BCUT2D eigenvalue weighted by molar-refractivity contribution is 0.0144. The summed E-state index contributed by atoms with van der Waals surface area (Å²) in [5, 5.41) is 10.3. The highest BCUT2D eigenvalue weighted by Crippen LogP contribution is 2.45. The van der Waals surface area contributed by atoms with E-state index in [1.54, 1.807) is 12.1 Å². The number of benzene rings is 1. The fourth-order valence-corrected chi connectivity index (χ4v) is 3.53. The van der Waals surface area contributed by atoms with Crippen molar-refractivity contribution < 1.29 is 19.4 Å². The van der Waals surface area contributed by atoms with E-state index in [1.165, 1.54) is 41.8 Å². The van der Waals surface area contributed by atoms with E-state index >= 15 is 0 Å². The van der Waals surface area contributed by atoms with E-state index in [0.717, 1.165) is 0 Å². The predicted octanol–water partition coefficient (Wildman–Crippen LogP) is 1.28. The number of nitrogen functional groups attached to an aromatic ring is 1. The number of nitrogens with two attached hydrogens (primary N) is 1. The number of ether oxygens (including phenoxy) is 2. The Hall–Kier alpha value is -2.52. The molecule has 1 aliphatic heterocycles. The number of anilines is 1. The normalized spacial score (nSPS) is 20.0. The molecular weight excluding hydrogens is 334 g/mol. The van der Waals surface area contributed by atoms with Crippen LogP contribution < -0.4 is 11.4 Å². The van der Waals surface area contributed by atoms with E-state index in [9.17, 15) is 14.7 Å². The maximum absolute atomic E-state index is 11.9. The maximum atomic E-state index is 11.9. The Labute approximate surface area is 141 Å². The van der Waals surface area contributed by atoms with E-state index in [0.29, 0.717) is 11.3 Å². The van der Waals surface area contributed by atoms with E-state index in [1.807, 2.05) is 0 Å². The van der Waals surface area contributed by atoms with E-state index in [-0.39, 0.29) is 17.1 Å². The first-order valence-electron chi connectivity index (χ1n) is 7.03. The molecule has 2 heterocycles. The van der Waals surface area contributed by atoms with Crippen LogP contribution in [0.3, 0.4) is 0 Å². The van der Waals surface area contributed by atoms with Gasteiger partial charge in [0.25, 0.3) is 0 Å². The smallest absolute Gasteiger partial charge is 0.351 e. The molecule has 1 fully saturated rings. The second-order valence-electron chi connectivity index (χ2n) is 5.03. The number of phenols is 1. The Morgan fingerprint density at radius 1 is 1.50 bits per heavy atom. The molecule has 8 nitrogen and oxygen atoms in total. The van der Waals surface area contributed by atoms with Crippen molar-refractivity contribution in [1.82, 2.24) is 9.55 Å². The molecular formula is C15H15N3O5S. The topological polar surface area (TPSA) is 117 Å². The van der Waals surface area contributed by atoms with Crippen LogP contribution >= 0.6 is 11.8 Å². The number of carbonyl (C=O) groups excluding carboxylic acids is 1. The minimum Gasteiger partial charge on any atom is -0.507 e. The van der Waals surface area contributed by atoms with Crippen molar-refractivity contribution in [2.75, 3.05) is 18.6 Å². The summed E-state index contributed by atoms with van der Waals surface area (Å²) in [4.78, 5) is 27.2. The minimum atomic E-state index is -0.632. The molecule has 3 N–H and O–H groups in total. The lowest BCUT2D eigenvalue weighted by Crippen LogP contribution is -2.28. The molecule has 1 aromatic heterocycles. The second-order valence-corrected chi connectivity index (χ2v) is 6.13. The average molecular weight is 349 g/mol. The van der Waals surface area contributed by atoms with E-state index in [4.69, 9.17) is 10.5 Å². The fraction of sp³-hybridized carbons (Fsp3) is 0.267. The molecule has 0 aliphatic carbocycles. The maximum Gasteiger partial charge on any atom is 0.351 e. The number of carbonyl (C=O) groups is 1. The molecule has 126 valence electrons. The zero-order valence-electron chi connectivity index (χ0n) is 12.7. The van der Waals surface area contributed by atoms with Gasteiger partial charge in [0.15, 0.2) is 0 Å². The van der Waals surface area contributed by atoms with Gasteiger partial charge in [-0.05, 0) is 12.1 Å². The molecule has 0 saturated carbocycles. The van der Waals surface area contributed by atoms with Gasteiger partial charge < -0.3 is 20.3 Å². The Bertz CT molecular complexity index is 838. The van der Waals surface area contributed by atoms with Crippen LogP contribution in [0.1, 0.15) is 27.6 Å². The highest BCUT2D eigenvalue weighted by atomic mass is 32.2. The van der Waals surface area contributed by atoms with Crippen LogP contribution in [0.2, 0.25) is 0 Å². The molecule has 0 bridgehead atoms. The van der Waals surface area contributed by atoms with E-state index in [2.05, 4.69) is 9.72 Å². The molecule has 3 rings (SSSR count). The van der Waals surface area contributed by atoms with Crippen LogP contribution in [0, 0.1) is 0 Å². The molecule has 1 aromatic carbocycles.